The van der Waals surface area contributed by atoms with E-state index in [0.29, 0.717) is 0 Å². The van der Waals surface area contributed by atoms with E-state index < -0.39 is 0 Å². The van der Waals surface area contributed by atoms with Crippen LogP contribution in [0.2, 0.25) is 0 Å². The Morgan fingerprint density at radius 3 is 2.86 bits per heavy atom. The molecule has 0 aromatic carbocycles. The number of nitrogens with zero attached hydrogens (tertiary/aromatic N) is 2. The lowest BCUT2D eigenvalue weighted by molar-refractivity contribution is 0.261. The summed E-state index contributed by atoms with van der Waals surface area (Å²) in [6.45, 7) is 3.75. The SMILES string of the molecule is CCc1cc(OCCN(C)C)ccn1. The van der Waals surface area contributed by atoms with Crippen molar-refractivity contribution in [3.8, 4) is 5.75 Å². The van der Waals surface area contributed by atoms with Crippen LogP contribution in [0.1, 0.15) is 12.6 Å². The molecule has 0 saturated heterocycles. The van der Waals surface area contributed by atoms with Gasteiger partial charge in [-0.3, -0.25) is 4.98 Å². The maximum atomic E-state index is 5.58. The van der Waals surface area contributed by atoms with Crippen LogP contribution in [-0.4, -0.2) is 37.1 Å². The molecule has 78 valence electrons. The smallest absolute Gasteiger partial charge is 0.122 e. The zero-order valence-electron chi connectivity index (χ0n) is 9.16. The van der Waals surface area contributed by atoms with Crippen molar-refractivity contribution < 1.29 is 4.74 Å². The Bertz CT molecular complexity index is 274. The number of pyridine rings is 1. The highest BCUT2D eigenvalue weighted by Crippen LogP contribution is 2.10. The molecule has 0 bridgehead atoms. The third-order valence-corrected chi connectivity index (χ3v) is 1.96. The summed E-state index contributed by atoms with van der Waals surface area (Å²) in [4.78, 5) is 6.31. The topological polar surface area (TPSA) is 25.4 Å². The minimum absolute atomic E-state index is 0.722. The first-order valence-corrected chi connectivity index (χ1v) is 4.95. The Morgan fingerprint density at radius 1 is 1.43 bits per heavy atom. The second-order valence-electron chi connectivity index (χ2n) is 3.49. The molecule has 0 N–H and O–H groups in total. The zero-order valence-corrected chi connectivity index (χ0v) is 9.16. The molecule has 0 spiro atoms. The van der Waals surface area contributed by atoms with Gasteiger partial charge in [-0.2, -0.15) is 0 Å². The summed E-state index contributed by atoms with van der Waals surface area (Å²) in [6.07, 6.45) is 2.74. The van der Waals surface area contributed by atoms with E-state index >= 15 is 0 Å². The van der Waals surface area contributed by atoms with Crippen LogP contribution in [0, 0.1) is 0 Å². The van der Waals surface area contributed by atoms with Crippen LogP contribution in [0.4, 0.5) is 0 Å². The first-order chi connectivity index (χ1) is 6.72. The molecule has 1 aromatic rings. The number of aryl methyl sites for hydroxylation is 1. The average Bonchev–Trinajstić information content (AvgIpc) is 2.18. The highest BCUT2D eigenvalue weighted by molar-refractivity contribution is 5.22. The normalized spacial score (nSPS) is 10.6. The minimum atomic E-state index is 0.722. The van der Waals surface area contributed by atoms with E-state index in [1.165, 1.54) is 0 Å². The molecule has 0 unspecified atom stereocenters. The molecule has 0 aliphatic heterocycles. The molecule has 0 aliphatic rings. The maximum Gasteiger partial charge on any atom is 0.122 e. The molecular weight excluding hydrogens is 176 g/mol. The van der Waals surface area contributed by atoms with Crippen LogP contribution in [0.25, 0.3) is 0 Å². The first-order valence-electron chi connectivity index (χ1n) is 4.95. The van der Waals surface area contributed by atoms with Crippen molar-refractivity contribution in [3.63, 3.8) is 0 Å². The third-order valence-electron chi connectivity index (χ3n) is 1.96. The molecule has 0 aliphatic carbocycles. The zero-order chi connectivity index (χ0) is 10.4. The molecule has 0 fully saturated rings. The summed E-state index contributed by atoms with van der Waals surface area (Å²) in [6, 6.07) is 3.89. The van der Waals surface area contributed by atoms with Crippen molar-refractivity contribution >= 4 is 0 Å². The number of ether oxygens (including phenoxy) is 1. The van der Waals surface area contributed by atoms with E-state index in [4.69, 9.17) is 4.74 Å². The molecule has 1 aromatic heterocycles. The van der Waals surface area contributed by atoms with E-state index in [2.05, 4.69) is 16.8 Å². The van der Waals surface area contributed by atoms with Gasteiger partial charge in [0, 0.05) is 24.5 Å². The predicted octanol–water partition coefficient (Wildman–Crippen LogP) is 1.58. The van der Waals surface area contributed by atoms with Gasteiger partial charge in [0.05, 0.1) is 0 Å². The van der Waals surface area contributed by atoms with Gasteiger partial charge in [0.1, 0.15) is 12.4 Å². The van der Waals surface area contributed by atoms with Crippen molar-refractivity contribution in [1.29, 1.82) is 0 Å². The summed E-state index contributed by atoms with van der Waals surface area (Å²) in [5.41, 5.74) is 1.08. The van der Waals surface area contributed by atoms with Gasteiger partial charge in [0.25, 0.3) is 0 Å². The number of rotatable bonds is 5. The lowest BCUT2D eigenvalue weighted by atomic mass is 10.3. The lowest BCUT2D eigenvalue weighted by Gasteiger charge is -2.11. The van der Waals surface area contributed by atoms with Crippen molar-refractivity contribution in [1.82, 2.24) is 9.88 Å². The summed E-state index contributed by atoms with van der Waals surface area (Å²) < 4.78 is 5.58. The first kappa shape index (κ1) is 11.0. The monoisotopic (exact) mass is 194 g/mol. The average molecular weight is 194 g/mol. The summed E-state index contributed by atoms with van der Waals surface area (Å²) in [5, 5.41) is 0. The highest BCUT2D eigenvalue weighted by Gasteiger charge is 1.96. The van der Waals surface area contributed by atoms with Gasteiger partial charge in [-0.15, -0.1) is 0 Å². The Balaban J connectivity index is 2.42. The number of aromatic nitrogens is 1. The van der Waals surface area contributed by atoms with Crippen molar-refractivity contribution in [2.45, 2.75) is 13.3 Å². The second-order valence-corrected chi connectivity index (χ2v) is 3.49. The molecule has 0 radical (unpaired) electrons. The van der Waals surface area contributed by atoms with Gasteiger partial charge in [-0.1, -0.05) is 6.92 Å². The predicted molar refractivity (Wildman–Crippen MR) is 57.7 cm³/mol. The van der Waals surface area contributed by atoms with Gasteiger partial charge in [0.15, 0.2) is 0 Å². The molecule has 3 nitrogen and oxygen atoms in total. The van der Waals surface area contributed by atoms with E-state index in [1.54, 1.807) is 6.20 Å². The summed E-state index contributed by atoms with van der Waals surface area (Å²) in [5.74, 6) is 0.915. The molecule has 1 rings (SSSR count). The maximum absolute atomic E-state index is 5.58. The van der Waals surface area contributed by atoms with Gasteiger partial charge in [-0.25, -0.2) is 0 Å². The number of hydrogen-bond acceptors (Lipinski definition) is 3. The Kier molecular flexibility index (Phi) is 4.40. The quantitative estimate of drug-likeness (QED) is 0.711. The van der Waals surface area contributed by atoms with Crippen LogP contribution in [0.15, 0.2) is 18.3 Å². The Labute approximate surface area is 85.7 Å². The fraction of sp³-hybridized carbons (Fsp3) is 0.545. The fourth-order valence-corrected chi connectivity index (χ4v) is 1.09. The molecule has 14 heavy (non-hydrogen) atoms. The minimum Gasteiger partial charge on any atom is -0.492 e. The van der Waals surface area contributed by atoms with Crippen molar-refractivity contribution in [3.05, 3.63) is 24.0 Å². The van der Waals surface area contributed by atoms with E-state index in [0.717, 1.165) is 31.0 Å². The second kappa shape index (κ2) is 5.60. The lowest BCUT2D eigenvalue weighted by Crippen LogP contribution is -2.19. The van der Waals surface area contributed by atoms with Gasteiger partial charge in [0.2, 0.25) is 0 Å². The standard InChI is InChI=1S/C11H18N2O/c1-4-10-9-11(5-6-12-10)14-8-7-13(2)3/h5-6,9H,4,7-8H2,1-3H3. The van der Waals surface area contributed by atoms with Crippen LogP contribution in [0.5, 0.6) is 5.75 Å². The molecular formula is C11H18N2O. The van der Waals surface area contributed by atoms with E-state index in [9.17, 15) is 0 Å². The summed E-state index contributed by atoms with van der Waals surface area (Å²) in [7, 11) is 4.07. The van der Waals surface area contributed by atoms with E-state index in [1.807, 2.05) is 26.2 Å². The van der Waals surface area contributed by atoms with Crippen LogP contribution < -0.4 is 4.74 Å². The third kappa shape index (κ3) is 3.75. The van der Waals surface area contributed by atoms with Crippen molar-refractivity contribution in [2.24, 2.45) is 0 Å². The molecule has 0 saturated carbocycles. The molecule has 0 atom stereocenters. The molecule has 0 amide bonds. The summed E-state index contributed by atoms with van der Waals surface area (Å²) >= 11 is 0. The fourth-order valence-electron chi connectivity index (χ4n) is 1.09. The number of likely N-dealkylation sites (N-methyl/N-ethyl adjacent to an activating group) is 1. The largest absolute Gasteiger partial charge is 0.492 e. The Morgan fingerprint density at radius 2 is 2.21 bits per heavy atom. The Hall–Kier alpha value is -1.09. The van der Waals surface area contributed by atoms with Gasteiger partial charge in [-0.05, 0) is 26.6 Å². The van der Waals surface area contributed by atoms with Crippen molar-refractivity contribution in [2.75, 3.05) is 27.2 Å². The van der Waals surface area contributed by atoms with Crippen LogP contribution in [-0.2, 0) is 6.42 Å². The van der Waals surface area contributed by atoms with Gasteiger partial charge >= 0.3 is 0 Å². The molecule has 3 heteroatoms. The van der Waals surface area contributed by atoms with Crippen LogP contribution >= 0.6 is 0 Å². The highest BCUT2D eigenvalue weighted by atomic mass is 16.5. The van der Waals surface area contributed by atoms with E-state index in [-0.39, 0.29) is 0 Å². The number of hydrogen-bond donors (Lipinski definition) is 0. The van der Waals surface area contributed by atoms with Gasteiger partial charge < -0.3 is 9.64 Å². The molecule has 1 heterocycles. The van der Waals surface area contributed by atoms with Crippen LogP contribution in [0.3, 0.4) is 0 Å².